The zero-order valence-corrected chi connectivity index (χ0v) is 24.7. The van der Waals surface area contributed by atoms with Crippen molar-refractivity contribution in [3.8, 4) is 0 Å². The van der Waals surface area contributed by atoms with Crippen molar-refractivity contribution in [2.24, 2.45) is 5.92 Å². The van der Waals surface area contributed by atoms with Gasteiger partial charge < -0.3 is 11.5 Å². The van der Waals surface area contributed by atoms with Crippen LogP contribution in [0.4, 0.5) is 11.4 Å². The lowest BCUT2D eigenvalue weighted by Gasteiger charge is -2.42. The topological polar surface area (TPSA) is 52.0 Å². The molecule has 0 amide bonds. The minimum absolute atomic E-state index is 0.0810. The van der Waals surface area contributed by atoms with Crippen LogP contribution >= 0.6 is 0 Å². The highest BCUT2D eigenvalue weighted by Gasteiger charge is 2.38. The SMILES string of the molecule is CCCCC1CCC(c2ccc(Cc3ccc(N)cc3)c(C)c2)(c2ccc(Cc3ccc(N)cc3)c(C)c2)CC1. The molecule has 4 N–H and O–H groups in total. The summed E-state index contributed by atoms with van der Waals surface area (Å²) in [5, 5.41) is 0. The van der Waals surface area contributed by atoms with Crippen LogP contribution in [0, 0.1) is 19.8 Å². The lowest BCUT2D eigenvalue weighted by molar-refractivity contribution is 0.251. The molecular formula is C38H46N2. The van der Waals surface area contributed by atoms with Crippen molar-refractivity contribution in [1.29, 1.82) is 0 Å². The average Bonchev–Trinajstić information content (AvgIpc) is 2.96. The highest BCUT2D eigenvalue weighted by atomic mass is 14.5. The Labute approximate surface area is 241 Å². The van der Waals surface area contributed by atoms with Crippen LogP contribution in [0.25, 0.3) is 0 Å². The van der Waals surface area contributed by atoms with Gasteiger partial charge in [-0.1, -0.05) is 86.8 Å². The first-order chi connectivity index (χ1) is 19.4. The largest absolute Gasteiger partial charge is 0.399 e. The third kappa shape index (κ3) is 6.28. The number of anilines is 2. The van der Waals surface area contributed by atoms with Gasteiger partial charge in [0.25, 0.3) is 0 Å². The monoisotopic (exact) mass is 530 g/mol. The highest BCUT2D eigenvalue weighted by molar-refractivity contribution is 5.48. The molecule has 1 aliphatic rings. The molecule has 0 saturated heterocycles. The molecule has 1 fully saturated rings. The van der Waals surface area contributed by atoms with Gasteiger partial charge in [0.15, 0.2) is 0 Å². The van der Waals surface area contributed by atoms with Gasteiger partial charge in [-0.3, -0.25) is 0 Å². The van der Waals surface area contributed by atoms with E-state index in [-0.39, 0.29) is 5.41 Å². The fourth-order valence-corrected chi connectivity index (χ4v) is 6.79. The van der Waals surface area contributed by atoms with Crippen LogP contribution in [0.3, 0.4) is 0 Å². The number of nitrogens with two attached hydrogens (primary N) is 2. The van der Waals surface area contributed by atoms with Crippen LogP contribution in [-0.4, -0.2) is 0 Å². The Bertz CT molecular complexity index is 1310. The molecule has 4 aromatic carbocycles. The molecule has 0 unspecified atom stereocenters. The molecule has 0 aromatic heterocycles. The average molecular weight is 531 g/mol. The smallest absolute Gasteiger partial charge is 0.0314 e. The van der Waals surface area contributed by atoms with Crippen molar-refractivity contribution in [2.45, 2.75) is 84.0 Å². The highest BCUT2D eigenvalue weighted by Crippen LogP contribution is 2.48. The summed E-state index contributed by atoms with van der Waals surface area (Å²) < 4.78 is 0. The first-order valence-electron chi connectivity index (χ1n) is 15.2. The van der Waals surface area contributed by atoms with E-state index in [2.05, 4.69) is 81.4 Å². The van der Waals surface area contributed by atoms with Crippen LogP contribution in [0.1, 0.15) is 96.4 Å². The molecule has 0 atom stereocenters. The van der Waals surface area contributed by atoms with E-state index in [0.29, 0.717) is 0 Å². The molecule has 0 aliphatic heterocycles. The molecule has 1 aliphatic carbocycles. The van der Waals surface area contributed by atoms with Crippen molar-refractivity contribution in [3.63, 3.8) is 0 Å². The summed E-state index contributed by atoms with van der Waals surface area (Å²) in [5.74, 6) is 0.866. The molecule has 208 valence electrons. The number of aryl methyl sites for hydroxylation is 2. The molecule has 2 nitrogen and oxygen atoms in total. The second kappa shape index (κ2) is 12.3. The Morgan fingerprint density at radius 2 is 1.10 bits per heavy atom. The van der Waals surface area contributed by atoms with Crippen molar-refractivity contribution >= 4 is 11.4 Å². The molecule has 1 saturated carbocycles. The van der Waals surface area contributed by atoms with Gasteiger partial charge in [0.2, 0.25) is 0 Å². The number of hydrogen-bond donors (Lipinski definition) is 2. The van der Waals surface area contributed by atoms with E-state index < -0.39 is 0 Å². The first-order valence-corrected chi connectivity index (χ1v) is 15.2. The summed E-state index contributed by atoms with van der Waals surface area (Å²) in [7, 11) is 0. The summed E-state index contributed by atoms with van der Waals surface area (Å²) in [6.07, 6.45) is 11.0. The standard InChI is InChI=1S/C38H46N2/c1-4-5-6-29-19-21-38(22-20-29,34-13-11-32(27(2)23-34)25-30-7-15-36(39)16-8-30)35-14-12-33(28(3)24-35)26-31-9-17-37(40)18-10-31/h7-18,23-24,29H,4-6,19-22,25-26,39-40H2,1-3H3. The summed E-state index contributed by atoms with van der Waals surface area (Å²) in [6, 6.07) is 31.2. The maximum atomic E-state index is 5.92. The van der Waals surface area contributed by atoms with Crippen LogP contribution < -0.4 is 11.5 Å². The van der Waals surface area contributed by atoms with E-state index in [1.165, 1.54) is 89.5 Å². The van der Waals surface area contributed by atoms with Gasteiger partial charge in [-0.15, -0.1) is 0 Å². The van der Waals surface area contributed by atoms with Gasteiger partial charge in [0.05, 0.1) is 0 Å². The minimum Gasteiger partial charge on any atom is -0.399 e. The zero-order valence-electron chi connectivity index (χ0n) is 24.7. The molecule has 40 heavy (non-hydrogen) atoms. The first kappa shape index (κ1) is 28.0. The van der Waals surface area contributed by atoms with Crippen LogP contribution in [0.5, 0.6) is 0 Å². The van der Waals surface area contributed by atoms with E-state index in [0.717, 1.165) is 30.1 Å². The van der Waals surface area contributed by atoms with E-state index in [4.69, 9.17) is 11.5 Å². The molecule has 0 bridgehead atoms. The summed E-state index contributed by atoms with van der Waals surface area (Å²) in [4.78, 5) is 0. The Morgan fingerprint density at radius 3 is 1.50 bits per heavy atom. The van der Waals surface area contributed by atoms with E-state index >= 15 is 0 Å². The second-order valence-corrected chi connectivity index (χ2v) is 12.3. The Balaban J connectivity index is 1.45. The van der Waals surface area contributed by atoms with Crippen molar-refractivity contribution in [1.82, 2.24) is 0 Å². The summed E-state index contributed by atoms with van der Waals surface area (Å²) >= 11 is 0. The quantitative estimate of drug-likeness (QED) is 0.212. The number of unbranched alkanes of at least 4 members (excludes halogenated alkanes) is 1. The summed E-state index contributed by atoms with van der Waals surface area (Å²) in [5.41, 5.74) is 24.7. The second-order valence-electron chi connectivity index (χ2n) is 12.3. The molecule has 0 spiro atoms. The van der Waals surface area contributed by atoms with Gasteiger partial charge in [0.1, 0.15) is 0 Å². The summed E-state index contributed by atoms with van der Waals surface area (Å²) in [6.45, 7) is 6.89. The van der Waals surface area contributed by atoms with Crippen molar-refractivity contribution < 1.29 is 0 Å². The van der Waals surface area contributed by atoms with Gasteiger partial charge in [-0.2, -0.15) is 0 Å². The van der Waals surface area contributed by atoms with E-state index in [1.807, 2.05) is 24.3 Å². The third-order valence-corrected chi connectivity index (χ3v) is 9.46. The maximum Gasteiger partial charge on any atom is 0.0314 e. The third-order valence-electron chi connectivity index (χ3n) is 9.46. The van der Waals surface area contributed by atoms with Gasteiger partial charge >= 0.3 is 0 Å². The molecule has 0 radical (unpaired) electrons. The predicted molar refractivity (Wildman–Crippen MR) is 172 cm³/mol. The lowest BCUT2D eigenvalue weighted by atomic mass is 9.62. The maximum absolute atomic E-state index is 5.92. The predicted octanol–water partition coefficient (Wildman–Crippen LogP) is 9.32. The van der Waals surface area contributed by atoms with Gasteiger partial charge in [0, 0.05) is 16.8 Å². The Kier molecular flexibility index (Phi) is 8.64. The van der Waals surface area contributed by atoms with Crippen molar-refractivity contribution in [2.75, 3.05) is 11.5 Å². The number of hydrogen-bond acceptors (Lipinski definition) is 2. The number of nitrogen functional groups attached to an aromatic ring is 2. The normalized spacial score (nSPS) is 15.3. The van der Waals surface area contributed by atoms with E-state index in [9.17, 15) is 0 Å². The minimum atomic E-state index is 0.0810. The number of rotatable bonds is 9. The Hall–Kier alpha value is -3.52. The van der Waals surface area contributed by atoms with Crippen molar-refractivity contribution in [3.05, 3.63) is 129 Å². The Morgan fingerprint density at radius 1 is 0.650 bits per heavy atom. The lowest BCUT2D eigenvalue weighted by Crippen LogP contribution is -2.33. The van der Waals surface area contributed by atoms with Gasteiger partial charge in [-0.25, -0.2) is 0 Å². The van der Waals surface area contributed by atoms with Crippen LogP contribution in [0.15, 0.2) is 84.9 Å². The fourth-order valence-electron chi connectivity index (χ4n) is 6.79. The van der Waals surface area contributed by atoms with Crippen LogP contribution in [-0.2, 0) is 18.3 Å². The molecule has 4 aromatic rings. The fraction of sp³-hybridized carbons (Fsp3) is 0.368. The van der Waals surface area contributed by atoms with Crippen LogP contribution in [0.2, 0.25) is 0 Å². The molecular weight excluding hydrogens is 484 g/mol. The molecule has 0 heterocycles. The van der Waals surface area contributed by atoms with E-state index in [1.54, 1.807) is 0 Å². The molecule has 2 heteroatoms. The van der Waals surface area contributed by atoms with Gasteiger partial charge in [-0.05, 0) is 127 Å². The zero-order chi connectivity index (χ0) is 28.1. The number of benzene rings is 4. The molecule has 5 rings (SSSR count).